The number of carboxylic acid groups (broad SMARTS) is 1. The molecular weight excluding hydrogens is 150 g/mol. The van der Waals surface area contributed by atoms with Crippen LogP contribution in [0.1, 0.15) is 6.92 Å². The van der Waals surface area contributed by atoms with Gasteiger partial charge in [-0.1, -0.05) is 6.08 Å². The van der Waals surface area contributed by atoms with Crippen LogP contribution in [0.3, 0.4) is 0 Å². The highest BCUT2D eigenvalue weighted by molar-refractivity contribution is 7.81. The highest BCUT2D eigenvalue weighted by Crippen LogP contribution is 1.88. The predicted octanol–water partition coefficient (Wildman–Crippen LogP) is 0.520. The average molecular weight is 163 g/mol. The highest BCUT2D eigenvalue weighted by Gasteiger charge is 2.00. The lowest BCUT2D eigenvalue weighted by Gasteiger charge is -1.88. The van der Waals surface area contributed by atoms with Gasteiger partial charge in [0, 0.05) is 6.54 Å². The summed E-state index contributed by atoms with van der Waals surface area (Å²) in [6.07, 6.45) is 1.65. The number of carbonyl (C=O) groups is 1. The first-order chi connectivity index (χ1) is 4.56. The Hall–Kier alpha value is -0.480. The molecule has 0 amide bonds. The van der Waals surface area contributed by atoms with Gasteiger partial charge in [-0.3, -0.25) is 4.79 Å². The number of thiol groups is 1. The zero-order chi connectivity index (χ0) is 8.57. The number of aliphatic carboxylic acids is 1. The second kappa shape index (κ2) is 8.52. The molecule has 4 heteroatoms. The number of nitrogens with two attached hydrogens (primary N) is 1. The molecule has 0 heterocycles. The zero-order valence-electron chi connectivity index (χ0n) is 5.95. The van der Waals surface area contributed by atoms with Gasteiger partial charge < -0.3 is 10.8 Å². The fourth-order valence-corrected chi connectivity index (χ4v) is 0. The highest BCUT2D eigenvalue weighted by atomic mass is 32.1. The Bertz CT molecular complexity index is 104. The Morgan fingerprint density at radius 2 is 2.20 bits per heavy atom. The summed E-state index contributed by atoms with van der Waals surface area (Å²) in [6.45, 7) is 5.44. The standard InChI is InChI=1S/C3H7N.C3H6O2S/c1-2-3-4;1-2(6)3(4)5/h2H,1,3-4H2;2,6H,1H3,(H,4,5). The lowest BCUT2D eigenvalue weighted by atomic mass is 10.5. The fraction of sp³-hybridized carbons (Fsp3) is 0.500. The summed E-state index contributed by atoms with van der Waals surface area (Å²) in [7, 11) is 0. The van der Waals surface area contributed by atoms with Crippen LogP contribution >= 0.6 is 12.6 Å². The second-order valence-electron chi connectivity index (χ2n) is 1.54. The van der Waals surface area contributed by atoms with E-state index < -0.39 is 11.2 Å². The molecule has 10 heavy (non-hydrogen) atoms. The average Bonchev–Trinajstić information content (AvgIpc) is 1.89. The lowest BCUT2D eigenvalue weighted by Crippen LogP contribution is -2.06. The summed E-state index contributed by atoms with van der Waals surface area (Å²) in [4.78, 5) is 9.62. The number of hydrogen-bond acceptors (Lipinski definition) is 3. The SMILES string of the molecule is C=CCN.CC(S)C(=O)O. The summed E-state index contributed by atoms with van der Waals surface area (Å²) in [6, 6.07) is 0. The molecule has 0 radical (unpaired) electrons. The number of rotatable bonds is 2. The minimum Gasteiger partial charge on any atom is -0.480 e. The number of carboxylic acids is 1. The van der Waals surface area contributed by atoms with Crippen LogP contribution in [0.5, 0.6) is 0 Å². The van der Waals surface area contributed by atoms with E-state index in [9.17, 15) is 4.79 Å². The van der Waals surface area contributed by atoms with Gasteiger partial charge in [0.1, 0.15) is 0 Å². The molecule has 0 spiro atoms. The second-order valence-corrected chi connectivity index (χ2v) is 2.31. The maximum atomic E-state index is 9.62. The molecule has 3 nitrogen and oxygen atoms in total. The van der Waals surface area contributed by atoms with E-state index in [2.05, 4.69) is 19.2 Å². The first-order valence-electron chi connectivity index (χ1n) is 2.78. The molecule has 3 N–H and O–H groups in total. The van der Waals surface area contributed by atoms with Crippen molar-refractivity contribution in [3.8, 4) is 0 Å². The summed E-state index contributed by atoms with van der Waals surface area (Å²) in [5.74, 6) is -0.877. The lowest BCUT2D eigenvalue weighted by molar-refractivity contribution is -0.136. The maximum Gasteiger partial charge on any atom is 0.316 e. The molecule has 0 aromatic carbocycles. The smallest absolute Gasteiger partial charge is 0.316 e. The summed E-state index contributed by atoms with van der Waals surface area (Å²) >= 11 is 3.59. The van der Waals surface area contributed by atoms with Gasteiger partial charge >= 0.3 is 5.97 Å². The summed E-state index contributed by atoms with van der Waals surface area (Å²) in [5.41, 5.74) is 4.91. The monoisotopic (exact) mass is 163 g/mol. The van der Waals surface area contributed by atoms with E-state index >= 15 is 0 Å². The van der Waals surface area contributed by atoms with E-state index in [0.717, 1.165) is 0 Å². The molecule has 1 unspecified atom stereocenters. The molecule has 0 fully saturated rings. The van der Waals surface area contributed by atoms with Crippen molar-refractivity contribution in [2.24, 2.45) is 5.73 Å². The van der Waals surface area contributed by atoms with Crippen molar-refractivity contribution in [1.82, 2.24) is 0 Å². The van der Waals surface area contributed by atoms with Crippen LogP contribution in [0.25, 0.3) is 0 Å². The van der Waals surface area contributed by atoms with Crippen molar-refractivity contribution in [2.45, 2.75) is 12.2 Å². The third-order valence-corrected chi connectivity index (χ3v) is 0.745. The van der Waals surface area contributed by atoms with Crippen molar-refractivity contribution >= 4 is 18.6 Å². The van der Waals surface area contributed by atoms with Crippen molar-refractivity contribution < 1.29 is 9.90 Å². The van der Waals surface area contributed by atoms with Gasteiger partial charge in [0.25, 0.3) is 0 Å². The predicted molar refractivity (Wildman–Crippen MR) is 45.3 cm³/mol. The van der Waals surface area contributed by atoms with Gasteiger partial charge in [-0.25, -0.2) is 0 Å². The number of hydrogen-bond donors (Lipinski definition) is 3. The molecule has 0 aliphatic carbocycles. The van der Waals surface area contributed by atoms with E-state index in [-0.39, 0.29) is 0 Å². The van der Waals surface area contributed by atoms with Gasteiger partial charge in [0.2, 0.25) is 0 Å². The van der Waals surface area contributed by atoms with E-state index in [1.807, 2.05) is 0 Å². The van der Waals surface area contributed by atoms with E-state index in [4.69, 9.17) is 10.8 Å². The topological polar surface area (TPSA) is 63.3 Å². The van der Waals surface area contributed by atoms with Crippen molar-refractivity contribution in [2.75, 3.05) is 6.54 Å². The third kappa shape index (κ3) is 15.6. The first-order valence-corrected chi connectivity index (χ1v) is 3.29. The molecule has 0 aliphatic rings. The summed E-state index contributed by atoms with van der Waals surface area (Å²) < 4.78 is 0. The van der Waals surface area contributed by atoms with Gasteiger partial charge in [-0.2, -0.15) is 12.6 Å². The van der Waals surface area contributed by atoms with Crippen LogP contribution in [0.4, 0.5) is 0 Å². The molecule has 1 atom stereocenters. The first kappa shape index (κ1) is 12.2. The van der Waals surface area contributed by atoms with Gasteiger partial charge in [0.15, 0.2) is 0 Å². The molecule has 0 aromatic rings. The molecule has 0 aliphatic heterocycles. The van der Waals surface area contributed by atoms with Crippen LogP contribution in [0, 0.1) is 0 Å². The minimum atomic E-state index is -0.877. The van der Waals surface area contributed by atoms with Gasteiger partial charge in [-0.05, 0) is 6.92 Å². The molecule has 0 bridgehead atoms. The van der Waals surface area contributed by atoms with Gasteiger partial charge in [0.05, 0.1) is 5.25 Å². The molecular formula is C6H13NO2S. The molecule has 0 aromatic heterocycles. The van der Waals surface area contributed by atoms with Crippen LogP contribution in [-0.2, 0) is 4.79 Å². The Morgan fingerprint density at radius 1 is 2.00 bits per heavy atom. The summed E-state index contributed by atoms with van der Waals surface area (Å²) in [5, 5.41) is 7.38. The van der Waals surface area contributed by atoms with Crippen molar-refractivity contribution in [3.63, 3.8) is 0 Å². The van der Waals surface area contributed by atoms with Gasteiger partial charge in [-0.15, -0.1) is 6.58 Å². The largest absolute Gasteiger partial charge is 0.480 e. The Kier molecular flexibility index (Phi) is 10.4. The molecule has 0 saturated heterocycles. The normalized spacial score (nSPS) is 10.7. The van der Waals surface area contributed by atoms with Crippen LogP contribution in [-0.4, -0.2) is 22.9 Å². The van der Waals surface area contributed by atoms with Crippen LogP contribution in [0.2, 0.25) is 0 Å². The third-order valence-electron chi connectivity index (χ3n) is 0.524. The van der Waals surface area contributed by atoms with Crippen molar-refractivity contribution in [1.29, 1.82) is 0 Å². The Labute approximate surface area is 66.3 Å². The van der Waals surface area contributed by atoms with Crippen LogP contribution < -0.4 is 5.73 Å². The maximum absolute atomic E-state index is 9.62. The fourth-order valence-electron chi connectivity index (χ4n) is 0. The molecule has 0 rings (SSSR count). The van der Waals surface area contributed by atoms with E-state index in [0.29, 0.717) is 6.54 Å². The molecule has 60 valence electrons. The Morgan fingerprint density at radius 3 is 2.20 bits per heavy atom. The molecule has 0 saturated carbocycles. The van der Waals surface area contributed by atoms with E-state index in [1.54, 1.807) is 6.08 Å². The zero-order valence-corrected chi connectivity index (χ0v) is 6.84. The van der Waals surface area contributed by atoms with Crippen molar-refractivity contribution in [3.05, 3.63) is 12.7 Å². The minimum absolute atomic E-state index is 0.537. The Balaban J connectivity index is 0. The van der Waals surface area contributed by atoms with E-state index in [1.165, 1.54) is 6.92 Å². The van der Waals surface area contributed by atoms with Crippen LogP contribution in [0.15, 0.2) is 12.7 Å². The quantitative estimate of drug-likeness (QED) is 0.411.